The first-order valence-electron chi connectivity index (χ1n) is 7.59. The lowest BCUT2D eigenvalue weighted by atomic mass is 10.2. The molecule has 0 saturated carbocycles. The molecule has 0 atom stereocenters. The van der Waals surface area contributed by atoms with Crippen LogP contribution in [-0.4, -0.2) is 19.4 Å². The van der Waals surface area contributed by atoms with Crippen molar-refractivity contribution in [3.63, 3.8) is 0 Å². The van der Waals surface area contributed by atoms with E-state index >= 15 is 0 Å². The third-order valence-corrected chi connectivity index (χ3v) is 11.0. The van der Waals surface area contributed by atoms with Crippen LogP contribution in [0.4, 0.5) is 0 Å². The monoisotopic (exact) mass is 384 g/mol. The Morgan fingerprint density at radius 1 is 0.778 bits per heavy atom. The molecule has 0 aromatic rings. The highest BCUT2D eigenvalue weighted by atomic mass is 127. The molecule has 0 rings (SSSR count). The minimum Gasteiger partial charge on any atom is -0.416 e. The van der Waals surface area contributed by atoms with Gasteiger partial charge in [-0.15, -0.1) is 0 Å². The fraction of sp³-hybridized carbons (Fsp3) is 1.00. The molecule has 0 N–H and O–H groups in total. The molecule has 0 fully saturated rings. The van der Waals surface area contributed by atoms with Crippen molar-refractivity contribution in [2.45, 2.75) is 83.8 Å². The Bertz CT molecular complexity index is 183. The quantitative estimate of drug-likeness (QED) is 0.189. The molecule has 0 spiro atoms. The second-order valence-corrected chi connectivity index (χ2v) is 12.8. The predicted octanol–water partition coefficient (Wildman–Crippen LogP) is 6.17. The third-order valence-electron chi connectivity index (χ3n) is 4.09. The molecule has 110 valence electrons. The lowest BCUT2D eigenvalue weighted by Crippen LogP contribution is -2.47. The first kappa shape index (κ1) is 18.9. The fourth-order valence-electron chi connectivity index (χ4n) is 3.30. The van der Waals surface area contributed by atoms with Gasteiger partial charge in [-0.05, 0) is 33.9 Å². The zero-order chi connectivity index (χ0) is 14.2. The lowest BCUT2D eigenvalue weighted by Gasteiger charge is -2.42. The molecule has 3 heteroatoms. The first-order valence-corrected chi connectivity index (χ1v) is 11.3. The summed E-state index contributed by atoms with van der Waals surface area (Å²) in [5, 5.41) is 0. The van der Waals surface area contributed by atoms with E-state index in [-0.39, 0.29) is 0 Å². The van der Waals surface area contributed by atoms with Crippen LogP contribution >= 0.6 is 22.6 Å². The highest BCUT2D eigenvalue weighted by Crippen LogP contribution is 2.42. The van der Waals surface area contributed by atoms with Gasteiger partial charge in [0.2, 0.25) is 0 Å². The van der Waals surface area contributed by atoms with Gasteiger partial charge in [0.25, 0.3) is 0 Å². The minimum absolute atomic E-state index is 0.715. The molecule has 18 heavy (non-hydrogen) atoms. The van der Waals surface area contributed by atoms with Gasteiger partial charge in [0, 0.05) is 6.61 Å². The second kappa shape index (κ2) is 9.75. The van der Waals surface area contributed by atoms with Crippen molar-refractivity contribution >= 4 is 30.9 Å². The molecule has 0 aliphatic carbocycles. The Morgan fingerprint density at radius 3 is 1.61 bits per heavy atom. The van der Waals surface area contributed by atoms with Crippen LogP contribution < -0.4 is 0 Å². The van der Waals surface area contributed by atoms with E-state index in [1.54, 1.807) is 0 Å². The normalized spacial score (nSPS) is 13.0. The Hall–Kier alpha value is 0.907. The molecule has 0 radical (unpaired) electrons. The van der Waals surface area contributed by atoms with Crippen molar-refractivity contribution in [1.29, 1.82) is 0 Å². The second-order valence-electron chi connectivity index (χ2n) is 6.27. The van der Waals surface area contributed by atoms with Gasteiger partial charge in [0.15, 0.2) is 8.32 Å². The van der Waals surface area contributed by atoms with Crippen molar-refractivity contribution in [2.24, 2.45) is 0 Å². The first-order chi connectivity index (χ1) is 8.39. The topological polar surface area (TPSA) is 9.23 Å². The third kappa shape index (κ3) is 5.49. The fourth-order valence-corrected chi connectivity index (χ4v) is 9.34. The number of hydrogen-bond donors (Lipinski definition) is 0. The minimum atomic E-state index is -1.60. The molecule has 0 aromatic heterocycles. The van der Waals surface area contributed by atoms with Crippen molar-refractivity contribution < 1.29 is 4.43 Å². The van der Waals surface area contributed by atoms with Gasteiger partial charge in [0.1, 0.15) is 0 Å². The van der Waals surface area contributed by atoms with Gasteiger partial charge in [-0.3, -0.25) is 0 Å². The van der Waals surface area contributed by atoms with E-state index < -0.39 is 8.32 Å². The van der Waals surface area contributed by atoms with Crippen molar-refractivity contribution in [1.82, 2.24) is 0 Å². The van der Waals surface area contributed by atoms with Crippen LogP contribution in [-0.2, 0) is 4.43 Å². The molecule has 0 aliphatic rings. The smallest absolute Gasteiger partial charge is 0.200 e. The van der Waals surface area contributed by atoms with Crippen molar-refractivity contribution in [2.75, 3.05) is 11.0 Å². The summed E-state index contributed by atoms with van der Waals surface area (Å²) in [6, 6.07) is 0. The maximum absolute atomic E-state index is 6.53. The van der Waals surface area contributed by atoms with E-state index in [0.717, 1.165) is 6.61 Å². The Morgan fingerprint density at radius 2 is 1.22 bits per heavy atom. The van der Waals surface area contributed by atoms with Crippen LogP contribution in [0.2, 0.25) is 16.6 Å². The summed E-state index contributed by atoms with van der Waals surface area (Å²) in [6.07, 6.45) is 5.31. The van der Waals surface area contributed by atoms with Gasteiger partial charge < -0.3 is 4.43 Å². The number of alkyl halides is 1. The molecular formula is C15H33IOSi. The van der Waals surface area contributed by atoms with Crippen LogP contribution in [0.25, 0.3) is 0 Å². The molecule has 0 unspecified atom stereocenters. The van der Waals surface area contributed by atoms with E-state index in [1.807, 2.05) is 0 Å². The maximum Gasteiger partial charge on any atom is 0.200 e. The Kier molecular flexibility index (Phi) is 10.2. The van der Waals surface area contributed by atoms with Crippen molar-refractivity contribution in [3.8, 4) is 0 Å². The van der Waals surface area contributed by atoms with Gasteiger partial charge in [0.05, 0.1) is 0 Å². The lowest BCUT2D eigenvalue weighted by molar-refractivity contribution is 0.268. The van der Waals surface area contributed by atoms with E-state index in [1.165, 1.54) is 30.1 Å². The van der Waals surface area contributed by atoms with Gasteiger partial charge in [-0.2, -0.15) is 0 Å². The molecule has 0 aromatic carbocycles. The van der Waals surface area contributed by atoms with Crippen LogP contribution in [0.5, 0.6) is 0 Å². The summed E-state index contributed by atoms with van der Waals surface area (Å²) >= 11 is 2.46. The predicted molar refractivity (Wildman–Crippen MR) is 94.4 cm³/mol. The number of hydrogen-bond acceptors (Lipinski definition) is 1. The van der Waals surface area contributed by atoms with E-state index in [4.69, 9.17) is 4.43 Å². The summed E-state index contributed by atoms with van der Waals surface area (Å²) in [5.74, 6) is 0. The number of unbranched alkanes of at least 4 members (excludes halogenated alkanes) is 3. The zero-order valence-electron chi connectivity index (χ0n) is 13.3. The SMILES string of the molecule is CC(C)[Si](OCCCCCCI)(C(C)C)C(C)C. The summed E-state index contributed by atoms with van der Waals surface area (Å²) < 4.78 is 7.82. The molecule has 0 amide bonds. The van der Waals surface area contributed by atoms with Crippen LogP contribution in [0.3, 0.4) is 0 Å². The standard InChI is InChI=1S/C15H33IOSi/c1-13(2)18(14(3)4,15(5)6)17-12-10-8-7-9-11-16/h13-15H,7-12H2,1-6H3. The van der Waals surface area contributed by atoms with E-state index in [9.17, 15) is 0 Å². The number of rotatable bonds is 10. The molecular weight excluding hydrogens is 351 g/mol. The number of halogens is 1. The van der Waals surface area contributed by atoms with Crippen LogP contribution in [0.15, 0.2) is 0 Å². The summed E-state index contributed by atoms with van der Waals surface area (Å²) in [4.78, 5) is 0. The van der Waals surface area contributed by atoms with Gasteiger partial charge in [-0.1, -0.05) is 77.0 Å². The van der Waals surface area contributed by atoms with Crippen LogP contribution in [0, 0.1) is 0 Å². The van der Waals surface area contributed by atoms with E-state index in [0.29, 0.717) is 16.6 Å². The highest BCUT2D eigenvalue weighted by Gasteiger charge is 2.44. The largest absolute Gasteiger partial charge is 0.416 e. The summed E-state index contributed by atoms with van der Waals surface area (Å²) in [7, 11) is -1.60. The van der Waals surface area contributed by atoms with Gasteiger partial charge in [-0.25, -0.2) is 0 Å². The average molecular weight is 384 g/mol. The summed E-state index contributed by atoms with van der Waals surface area (Å²) in [6.45, 7) is 15.2. The Balaban J connectivity index is 4.26. The van der Waals surface area contributed by atoms with Crippen LogP contribution in [0.1, 0.15) is 67.2 Å². The molecule has 0 heterocycles. The average Bonchev–Trinajstić information content (AvgIpc) is 2.26. The van der Waals surface area contributed by atoms with Gasteiger partial charge >= 0.3 is 0 Å². The van der Waals surface area contributed by atoms with Crippen molar-refractivity contribution in [3.05, 3.63) is 0 Å². The molecule has 0 bridgehead atoms. The maximum atomic E-state index is 6.53. The van der Waals surface area contributed by atoms with E-state index in [2.05, 4.69) is 64.1 Å². The molecule has 0 aliphatic heterocycles. The molecule has 0 saturated heterocycles. The Labute approximate surface area is 130 Å². The summed E-state index contributed by atoms with van der Waals surface area (Å²) in [5.41, 5.74) is 2.14. The molecule has 1 nitrogen and oxygen atoms in total. The highest BCUT2D eigenvalue weighted by molar-refractivity contribution is 14.1. The zero-order valence-corrected chi connectivity index (χ0v) is 16.4.